The highest BCUT2D eigenvalue weighted by atomic mass is 16.7. The van der Waals surface area contributed by atoms with Crippen LogP contribution in [0.1, 0.15) is 5.56 Å². The Balaban J connectivity index is 2.22. The second-order valence-electron chi connectivity index (χ2n) is 3.11. The maximum atomic E-state index is 9.69. The van der Waals surface area contributed by atoms with Gasteiger partial charge in [-0.15, -0.1) is 0 Å². The lowest BCUT2D eigenvalue weighted by Crippen LogP contribution is -2.32. The molecule has 1 heterocycles. The summed E-state index contributed by atoms with van der Waals surface area (Å²) in [6.45, 7) is -0.235. The van der Waals surface area contributed by atoms with E-state index in [2.05, 4.69) is 5.16 Å². The van der Waals surface area contributed by atoms with Crippen LogP contribution in [0.3, 0.4) is 0 Å². The first-order valence-corrected chi connectivity index (χ1v) is 4.41. The standard InChI is InChI=1S/C10H11NO3/c12-6-8-10(13)9(11-14-8)7-4-2-1-3-5-7/h1-5,8,10,12-13H,6H2/t8-,10-/m0/s1. The van der Waals surface area contributed by atoms with Gasteiger partial charge in [-0.05, 0) is 0 Å². The van der Waals surface area contributed by atoms with Crippen molar-refractivity contribution in [1.29, 1.82) is 0 Å². The Kier molecular flexibility index (Phi) is 2.47. The van der Waals surface area contributed by atoms with Gasteiger partial charge in [-0.2, -0.15) is 0 Å². The van der Waals surface area contributed by atoms with Gasteiger partial charge < -0.3 is 15.1 Å². The van der Waals surface area contributed by atoms with Crippen molar-refractivity contribution in [2.75, 3.05) is 6.61 Å². The minimum atomic E-state index is -0.845. The highest BCUT2D eigenvalue weighted by molar-refractivity contribution is 6.04. The van der Waals surface area contributed by atoms with Crippen LogP contribution >= 0.6 is 0 Å². The van der Waals surface area contributed by atoms with E-state index in [0.29, 0.717) is 5.71 Å². The van der Waals surface area contributed by atoms with Crippen LogP contribution in [-0.2, 0) is 4.84 Å². The Bertz CT molecular complexity index is 336. The van der Waals surface area contributed by atoms with E-state index < -0.39 is 12.2 Å². The molecule has 74 valence electrons. The molecule has 0 radical (unpaired) electrons. The highest BCUT2D eigenvalue weighted by Gasteiger charge is 2.32. The van der Waals surface area contributed by atoms with Crippen LogP contribution < -0.4 is 0 Å². The topological polar surface area (TPSA) is 62.0 Å². The van der Waals surface area contributed by atoms with Crippen LogP contribution in [0, 0.1) is 0 Å². The van der Waals surface area contributed by atoms with E-state index in [4.69, 9.17) is 9.94 Å². The third-order valence-corrected chi connectivity index (χ3v) is 2.17. The second-order valence-corrected chi connectivity index (χ2v) is 3.11. The molecule has 2 N–H and O–H groups in total. The summed E-state index contributed by atoms with van der Waals surface area (Å²) < 4.78 is 0. The summed E-state index contributed by atoms with van der Waals surface area (Å²) in [6.07, 6.45) is -1.48. The Hall–Kier alpha value is -1.39. The van der Waals surface area contributed by atoms with Crippen LogP contribution in [0.15, 0.2) is 35.5 Å². The van der Waals surface area contributed by atoms with Crippen molar-refractivity contribution in [2.24, 2.45) is 5.16 Å². The molecule has 0 amide bonds. The number of aliphatic hydroxyl groups excluding tert-OH is 2. The van der Waals surface area contributed by atoms with Crippen molar-refractivity contribution in [2.45, 2.75) is 12.2 Å². The molecule has 0 aliphatic carbocycles. The number of hydrogen-bond acceptors (Lipinski definition) is 4. The number of hydrogen-bond donors (Lipinski definition) is 2. The molecule has 0 saturated carbocycles. The molecule has 2 rings (SSSR count). The van der Waals surface area contributed by atoms with Crippen molar-refractivity contribution >= 4 is 5.71 Å². The van der Waals surface area contributed by atoms with E-state index in [-0.39, 0.29) is 6.61 Å². The average Bonchev–Trinajstić information content (AvgIpc) is 2.61. The van der Waals surface area contributed by atoms with E-state index in [1.807, 2.05) is 30.3 Å². The lowest BCUT2D eigenvalue weighted by molar-refractivity contribution is -0.0131. The molecule has 1 aliphatic heterocycles. The fourth-order valence-corrected chi connectivity index (χ4v) is 1.38. The zero-order valence-electron chi connectivity index (χ0n) is 7.50. The van der Waals surface area contributed by atoms with Gasteiger partial charge in [0, 0.05) is 5.56 Å². The van der Waals surface area contributed by atoms with Crippen molar-refractivity contribution in [3.05, 3.63) is 35.9 Å². The van der Waals surface area contributed by atoms with Gasteiger partial charge in [0.05, 0.1) is 6.61 Å². The zero-order valence-corrected chi connectivity index (χ0v) is 7.50. The van der Waals surface area contributed by atoms with Crippen LogP contribution in [0.4, 0.5) is 0 Å². The molecule has 0 saturated heterocycles. The third-order valence-electron chi connectivity index (χ3n) is 2.17. The van der Waals surface area contributed by atoms with Crippen molar-refractivity contribution < 1.29 is 15.1 Å². The summed E-state index contributed by atoms with van der Waals surface area (Å²) in [5.74, 6) is 0. The summed E-state index contributed by atoms with van der Waals surface area (Å²) in [7, 11) is 0. The van der Waals surface area contributed by atoms with E-state index in [1.54, 1.807) is 0 Å². The smallest absolute Gasteiger partial charge is 0.181 e. The van der Waals surface area contributed by atoms with Gasteiger partial charge in [-0.25, -0.2) is 0 Å². The molecule has 0 fully saturated rings. The minimum absolute atomic E-state index is 0.235. The number of oxime groups is 1. The first-order valence-electron chi connectivity index (χ1n) is 4.41. The van der Waals surface area contributed by atoms with E-state index in [1.165, 1.54) is 0 Å². The number of benzene rings is 1. The highest BCUT2D eigenvalue weighted by Crippen LogP contribution is 2.16. The monoisotopic (exact) mass is 193 g/mol. The zero-order chi connectivity index (χ0) is 9.97. The van der Waals surface area contributed by atoms with Gasteiger partial charge in [-0.1, -0.05) is 35.5 Å². The molecule has 1 aliphatic rings. The third kappa shape index (κ3) is 1.49. The van der Waals surface area contributed by atoms with Crippen molar-refractivity contribution in [1.82, 2.24) is 0 Å². The minimum Gasteiger partial charge on any atom is -0.392 e. The Morgan fingerprint density at radius 1 is 1.29 bits per heavy atom. The maximum absolute atomic E-state index is 9.69. The van der Waals surface area contributed by atoms with Crippen LogP contribution in [0.2, 0.25) is 0 Å². The Labute approximate surface area is 81.4 Å². The van der Waals surface area contributed by atoms with Crippen molar-refractivity contribution in [3.8, 4) is 0 Å². The fraction of sp³-hybridized carbons (Fsp3) is 0.300. The predicted molar refractivity (Wildman–Crippen MR) is 50.9 cm³/mol. The summed E-state index contributed by atoms with van der Waals surface area (Å²) >= 11 is 0. The fourth-order valence-electron chi connectivity index (χ4n) is 1.38. The van der Waals surface area contributed by atoms with Gasteiger partial charge >= 0.3 is 0 Å². The number of aliphatic hydroxyl groups is 2. The SMILES string of the molecule is OC[C@@H]1ON=C(c2ccccc2)[C@H]1O. The van der Waals surface area contributed by atoms with E-state index in [9.17, 15) is 5.11 Å². The molecule has 1 aromatic carbocycles. The molecule has 4 nitrogen and oxygen atoms in total. The van der Waals surface area contributed by atoms with Gasteiger partial charge in [0.1, 0.15) is 11.8 Å². The van der Waals surface area contributed by atoms with Gasteiger partial charge in [-0.3, -0.25) is 0 Å². The lowest BCUT2D eigenvalue weighted by Gasteiger charge is -2.09. The largest absolute Gasteiger partial charge is 0.392 e. The number of rotatable bonds is 2. The molecule has 0 bridgehead atoms. The predicted octanol–water partition coefficient (Wildman–Crippen LogP) is 0.143. The Morgan fingerprint density at radius 3 is 2.57 bits per heavy atom. The van der Waals surface area contributed by atoms with Crippen LogP contribution in [0.25, 0.3) is 0 Å². The van der Waals surface area contributed by atoms with E-state index >= 15 is 0 Å². The molecular weight excluding hydrogens is 182 g/mol. The number of nitrogens with zero attached hydrogens (tertiary/aromatic N) is 1. The lowest BCUT2D eigenvalue weighted by atomic mass is 10.0. The van der Waals surface area contributed by atoms with E-state index in [0.717, 1.165) is 5.56 Å². The van der Waals surface area contributed by atoms with Crippen molar-refractivity contribution in [3.63, 3.8) is 0 Å². The normalized spacial score (nSPS) is 25.7. The molecule has 0 aromatic heterocycles. The molecule has 2 atom stereocenters. The quantitative estimate of drug-likeness (QED) is 0.702. The molecule has 4 heteroatoms. The van der Waals surface area contributed by atoms with Gasteiger partial charge in [0.15, 0.2) is 6.10 Å². The summed E-state index contributed by atoms with van der Waals surface area (Å²) in [4.78, 5) is 4.87. The molecule has 0 unspecified atom stereocenters. The molecule has 1 aromatic rings. The second kappa shape index (κ2) is 3.77. The van der Waals surface area contributed by atoms with Crippen LogP contribution in [0.5, 0.6) is 0 Å². The molecule has 0 spiro atoms. The first-order chi connectivity index (χ1) is 6.83. The average molecular weight is 193 g/mol. The Morgan fingerprint density at radius 2 is 2.00 bits per heavy atom. The van der Waals surface area contributed by atoms with Gasteiger partial charge in [0.2, 0.25) is 0 Å². The summed E-state index contributed by atoms with van der Waals surface area (Å²) in [5, 5.41) is 22.3. The maximum Gasteiger partial charge on any atom is 0.181 e. The first kappa shape index (κ1) is 9.18. The molecule has 14 heavy (non-hydrogen) atoms. The van der Waals surface area contributed by atoms with Crippen LogP contribution in [-0.4, -0.2) is 34.7 Å². The summed E-state index contributed by atoms with van der Waals surface area (Å²) in [5.41, 5.74) is 1.29. The van der Waals surface area contributed by atoms with Gasteiger partial charge in [0.25, 0.3) is 0 Å². The summed E-state index contributed by atoms with van der Waals surface area (Å²) in [6, 6.07) is 9.28. The molecular formula is C10H11NO3.